The molecular formula is C114H137N25O5. The standard InChI is InChI=1S/C30H39N7O.C28H32N6O3.C28H32N6O.C28H34N6/c1-30(2,3)22-31-29(38)21-36-20-25(19-32-36)26-9-6-10-28-33-27(34-37(26)28)18-24-13-11-23(12-14-24)8-7-17-35-15-4-5-16-35;1-32-14-16-37-25-18-20(8-10-23(25)32)22-6-5-7-27-30-28(31-34(22)27)29-21-9-11-24(26(19-21)35-2)36-17-15-33-12-3-4-13-33;1-32-18-19-35-26-20-22(11-14-25(26)32)24-7-4-8-27-30-28(31-34(24)27)29-23-12-9-21(10-13-23)6-5-17-33-15-2-3-16-33;1-21-20-23(13-16-25(21)32(2)3)26-9-6-10-27-30-28(31-34(26)27)29-24-14-11-22(12-15-24)8-7-19-33-17-4-5-18-33/h6,9-14,19-20H,4-5,7-8,15-18,21-22H2,1-3H3,(H,31,38);5-11,18-19H,3-4,12-17H2,1-2H3,(H,29,31);4,7-14,20H,2-3,5-6,15-19H2,1H3,(H,29,31);6,9-16,20H,4-5,7-8,17-19H2,1-3H3,(H,29,31). The van der Waals surface area contributed by atoms with Crippen LogP contribution < -0.4 is 54.9 Å². The van der Waals surface area contributed by atoms with Gasteiger partial charge in [-0.15, -0.1) is 15.3 Å². The van der Waals surface area contributed by atoms with Crippen LogP contribution in [0, 0.1) is 12.3 Å². The maximum atomic E-state index is 12.3. The van der Waals surface area contributed by atoms with Crippen molar-refractivity contribution in [3.05, 3.63) is 264 Å². The molecule has 7 aromatic carbocycles. The molecule has 30 nitrogen and oxygen atoms in total. The topological polar surface area (TPSA) is 263 Å². The number of aryl methyl sites for hydroxylation is 4. The molecule has 0 aliphatic carbocycles. The summed E-state index contributed by atoms with van der Waals surface area (Å²) in [7, 11) is 9.97. The highest BCUT2D eigenvalue weighted by molar-refractivity contribution is 5.77. The molecule has 4 N–H and O–H groups in total. The molecule has 0 saturated carbocycles. The Morgan fingerprint density at radius 2 is 0.840 bits per heavy atom. The molecule has 6 aliphatic heterocycles. The number of aromatic nitrogens is 14. The molecule has 0 unspecified atom stereocenters. The number of pyridine rings is 4. The van der Waals surface area contributed by atoms with E-state index in [-0.39, 0.29) is 17.9 Å². The number of anilines is 9. The first-order valence-electron chi connectivity index (χ1n) is 51.5. The molecule has 1 amide bonds. The first kappa shape index (κ1) is 98.3. The van der Waals surface area contributed by atoms with Gasteiger partial charge in [0.1, 0.15) is 37.9 Å². The number of likely N-dealkylation sites (tertiary alicyclic amines) is 4. The second-order valence-corrected chi connectivity index (χ2v) is 40.1. The lowest BCUT2D eigenvalue weighted by Crippen LogP contribution is -2.34. The molecule has 748 valence electrons. The number of methoxy groups -OCH3 is 1. The van der Waals surface area contributed by atoms with Gasteiger partial charge in [-0.2, -0.15) is 25.1 Å². The second kappa shape index (κ2) is 46.3. The summed E-state index contributed by atoms with van der Waals surface area (Å²) in [5.74, 6) is 5.65. The van der Waals surface area contributed by atoms with Crippen molar-refractivity contribution < 1.29 is 23.7 Å². The fraction of sp³-hybridized carbons (Fsp3) is 0.386. The van der Waals surface area contributed by atoms with Crippen molar-refractivity contribution in [1.29, 1.82) is 0 Å². The van der Waals surface area contributed by atoms with E-state index in [0.717, 1.165) is 171 Å². The van der Waals surface area contributed by atoms with Crippen LogP contribution in [0.4, 0.5) is 52.0 Å². The Kier molecular flexibility index (Phi) is 31.6. The van der Waals surface area contributed by atoms with E-state index in [1.807, 2.05) is 103 Å². The zero-order chi connectivity index (χ0) is 98.8. The molecule has 16 aromatic rings. The minimum atomic E-state index is -0.0477. The van der Waals surface area contributed by atoms with E-state index in [1.54, 1.807) is 18.0 Å². The van der Waals surface area contributed by atoms with E-state index < -0.39 is 0 Å². The highest BCUT2D eigenvalue weighted by Gasteiger charge is 2.25. The summed E-state index contributed by atoms with van der Waals surface area (Å²) in [5, 5.41) is 36.5. The third kappa shape index (κ3) is 25.2. The van der Waals surface area contributed by atoms with Crippen molar-refractivity contribution in [2.75, 3.05) is 184 Å². The molecule has 144 heavy (non-hydrogen) atoms. The van der Waals surface area contributed by atoms with Gasteiger partial charge >= 0.3 is 0 Å². The van der Waals surface area contributed by atoms with Crippen LogP contribution in [0.5, 0.6) is 23.0 Å². The molecule has 22 rings (SSSR count). The number of hydrogen-bond donors (Lipinski definition) is 4. The molecule has 15 heterocycles. The number of carbonyl (C=O) groups excluding carboxylic acids is 1. The van der Waals surface area contributed by atoms with Gasteiger partial charge in [-0.25, -0.2) is 23.0 Å². The maximum absolute atomic E-state index is 12.3. The first-order chi connectivity index (χ1) is 70.3. The van der Waals surface area contributed by atoms with Crippen LogP contribution in [0.2, 0.25) is 0 Å². The Bertz CT molecular complexity index is 6980. The Morgan fingerprint density at radius 1 is 0.431 bits per heavy atom. The smallest absolute Gasteiger partial charge is 0.247 e. The third-order valence-electron chi connectivity index (χ3n) is 27.7. The molecule has 9 aromatic heterocycles. The summed E-state index contributed by atoms with van der Waals surface area (Å²) >= 11 is 0. The SMILES string of the molecule is CC(C)(C)CNC(=O)Cn1cc(-c2cccc3nc(Cc4ccc(CCCN5CCCC5)cc4)nn23)cn1.CN1CCOc2cc(-c3cccc4nc(Nc5ccc(CCCN6CCCC6)cc5)nn34)ccc21.COc1cc(Nc2nc3cccc(-c4ccc5c(c4)OCCN5C)n3n2)ccc1OCCN1CCCC1.Cc1cc(-c2cccc3nc(Nc4ccc(CCCN5CCCC5)cc4)nn23)ccc1N(C)C. The molecule has 0 radical (unpaired) electrons. The van der Waals surface area contributed by atoms with Crippen molar-refractivity contribution in [1.82, 2.24) is 93.1 Å². The zero-order valence-electron chi connectivity index (χ0n) is 84.9. The van der Waals surface area contributed by atoms with Crippen molar-refractivity contribution in [3.8, 4) is 68.0 Å². The number of amides is 1. The van der Waals surface area contributed by atoms with Crippen molar-refractivity contribution in [2.45, 2.75) is 131 Å². The Morgan fingerprint density at radius 3 is 1.29 bits per heavy atom. The zero-order valence-corrected chi connectivity index (χ0v) is 84.9. The monoisotopic (exact) mass is 1940 g/mol. The lowest BCUT2D eigenvalue weighted by molar-refractivity contribution is -0.122. The minimum Gasteiger partial charge on any atom is -0.493 e. The second-order valence-electron chi connectivity index (χ2n) is 40.1. The van der Waals surface area contributed by atoms with Gasteiger partial charge in [0.25, 0.3) is 0 Å². The lowest BCUT2D eigenvalue weighted by atomic mass is 9.97. The number of likely N-dealkylation sites (N-methyl/N-ethyl adjacent to an activating group) is 2. The molecular weight excluding hydrogens is 1800 g/mol. The number of nitrogens with one attached hydrogen (secondary N) is 4. The Hall–Kier alpha value is -14.5. The molecule has 0 bridgehead atoms. The van der Waals surface area contributed by atoms with Crippen molar-refractivity contribution in [3.63, 3.8) is 0 Å². The summed E-state index contributed by atoms with van der Waals surface area (Å²) in [4.78, 5) is 47.9. The minimum absolute atomic E-state index is 0.0421. The number of benzene rings is 7. The number of carbonyl (C=O) groups is 1. The van der Waals surface area contributed by atoms with E-state index in [0.29, 0.717) is 56.4 Å². The lowest BCUT2D eigenvalue weighted by Gasteiger charge is -2.28. The van der Waals surface area contributed by atoms with Crippen LogP contribution in [0.3, 0.4) is 0 Å². The third-order valence-corrected chi connectivity index (χ3v) is 27.7. The molecule has 6 aliphatic rings. The highest BCUT2D eigenvalue weighted by atomic mass is 16.5. The van der Waals surface area contributed by atoms with Crippen LogP contribution in [-0.4, -0.2) is 247 Å². The molecule has 30 heteroatoms. The predicted molar refractivity (Wildman–Crippen MR) is 577 cm³/mol. The number of nitrogens with zero attached hydrogens (tertiary/aromatic N) is 21. The fourth-order valence-corrected chi connectivity index (χ4v) is 19.9. The fourth-order valence-electron chi connectivity index (χ4n) is 19.9. The largest absolute Gasteiger partial charge is 0.493 e. The van der Waals surface area contributed by atoms with Gasteiger partial charge in [-0.1, -0.05) is 112 Å². The number of rotatable bonds is 33. The average molecular weight is 1940 g/mol. The van der Waals surface area contributed by atoms with E-state index in [2.05, 4.69) is 261 Å². The van der Waals surface area contributed by atoms with Crippen LogP contribution in [0.1, 0.15) is 125 Å². The summed E-state index contributed by atoms with van der Waals surface area (Å²) in [6, 6.07) is 75.2. The normalized spacial score (nSPS) is 15.0. The summed E-state index contributed by atoms with van der Waals surface area (Å²) < 4.78 is 32.6. The highest BCUT2D eigenvalue weighted by Crippen LogP contribution is 2.40. The molecule has 0 spiro atoms. The Labute approximate surface area is 844 Å². The molecule has 4 fully saturated rings. The average Bonchev–Trinajstić information content (AvgIpc) is 1.62. The molecule has 0 atom stereocenters. The summed E-state index contributed by atoms with van der Waals surface area (Å²) in [6.07, 6.45) is 22.1. The number of hydrogen-bond acceptors (Lipinski definition) is 24. The van der Waals surface area contributed by atoms with Gasteiger partial charge in [0, 0.05) is 105 Å². The summed E-state index contributed by atoms with van der Waals surface area (Å²) in [6.45, 7) is 27.6. The van der Waals surface area contributed by atoms with Crippen LogP contribution in [0.25, 0.3) is 67.6 Å². The van der Waals surface area contributed by atoms with Gasteiger partial charge in [0.05, 0.1) is 60.5 Å². The van der Waals surface area contributed by atoms with Crippen LogP contribution in [0.15, 0.2) is 231 Å². The van der Waals surface area contributed by atoms with E-state index >= 15 is 0 Å². The van der Waals surface area contributed by atoms with Gasteiger partial charge in [0.15, 0.2) is 39.9 Å². The van der Waals surface area contributed by atoms with E-state index in [9.17, 15) is 4.79 Å². The van der Waals surface area contributed by atoms with Gasteiger partial charge in [-0.3, -0.25) is 14.4 Å². The van der Waals surface area contributed by atoms with Crippen molar-refractivity contribution in [2.24, 2.45) is 5.41 Å². The number of fused-ring (bicyclic) bond motifs is 6. The van der Waals surface area contributed by atoms with Gasteiger partial charge in [-0.05, 0) is 323 Å². The summed E-state index contributed by atoms with van der Waals surface area (Å²) in [5.41, 5.74) is 24.0. The maximum Gasteiger partial charge on any atom is 0.247 e. The van der Waals surface area contributed by atoms with Gasteiger partial charge < -0.3 is 69.6 Å². The van der Waals surface area contributed by atoms with Crippen LogP contribution in [-0.2, 0) is 37.0 Å². The van der Waals surface area contributed by atoms with Crippen LogP contribution >= 0.6 is 0 Å². The molecule has 4 saturated heterocycles. The van der Waals surface area contributed by atoms with E-state index in [4.69, 9.17) is 54.3 Å². The predicted octanol–water partition coefficient (Wildman–Crippen LogP) is 19.4. The quantitative estimate of drug-likeness (QED) is 0.0298. The van der Waals surface area contributed by atoms with Gasteiger partial charge in [0.2, 0.25) is 23.8 Å². The Balaban J connectivity index is 0.000000122. The first-order valence-corrected chi connectivity index (χ1v) is 51.5. The van der Waals surface area contributed by atoms with Crippen molar-refractivity contribution >= 4 is 80.5 Å². The van der Waals surface area contributed by atoms with E-state index in [1.165, 1.54) is 163 Å². The number of ether oxygens (including phenoxy) is 4.